The van der Waals surface area contributed by atoms with Crippen molar-refractivity contribution in [1.29, 1.82) is 0 Å². The van der Waals surface area contributed by atoms with E-state index in [-0.39, 0.29) is 18.0 Å². The first-order valence-corrected chi connectivity index (χ1v) is 9.14. The molecule has 0 saturated heterocycles. The zero-order chi connectivity index (χ0) is 18.9. The van der Waals surface area contributed by atoms with Crippen molar-refractivity contribution >= 4 is 50.9 Å². The average Bonchev–Trinajstić information content (AvgIpc) is 2.54. The van der Waals surface area contributed by atoms with Crippen LogP contribution in [0.25, 0.3) is 0 Å². The van der Waals surface area contributed by atoms with E-state index in [1.165, 1.54) is 6.07 Å². The lowest BCUT2D eigenvalue weighted by Gasteiger charge is -2.24. The maximum atomic E-state index is 12.8. The van der Waals surface area contributed by atoms with Crippen LogP contribution in [0.1, 0.15) is 12.0 Å². The van der Waals surface area contributed by atoms with Crippen molar-refractivity contribution in [2.45, 2.75) is 22.7 Å². The first-order valence-electron chi connectivity index (χ1n) is 7.46. The average molecular weight is 445 g/mol. The normalized spacial score (nSPS) is 16.6. The number of amides is 2. The van der Waals surface area contributed by atoms with Crippen molar-refractivity contribution in [2.75, 3.05) is 10.6 Å². The Balaban J connectivity index is 1.69. The van der Waals surface area contributed by atoms with E-state index in [1.807, 2.05) is 6.07 Å². The SMILES string of the molecule is O=C(C[C@@H]1Sc2ccc(C(F)(F)F)cc2NC1=O)Nc1cccc(Br)c1. The smallest absolute Gasteiger partial charge is 0.326 e. The monoisotopic (exact) mass is 444 g/mol. The molecule has 0 fully saturated rings. The molecule has 0 bridgehead atoms. The van der Waals surface area contributed by atoms with Crippen LogP contribution in [0.2, 0.25) is 0 Å². The van der Waals surface area contributed by atoms with E-state index in [1.54, 1.807) is 18.2 Å². The van der Waals surface area contributed by atoms with Gasteiger partial charge in [-0.25, -0.2) is 0 Å². The fourth-order valence-electron chi connectivity index (χ4n) is 2.41. The Kier molecular flexibility index (Phi) is 5.29. The second-order valence-corrected chi connectivity index (χ2v) is 7.73. The summed E-state index contributed by atoms with van der Waals surface area (Å²) < 4.78 is 39.1. The Labute approximate surface area is 159 Å². The highest BCUT2D eigenvalue weighted by Crippen LogP contribution is 2.40. The summed E-state index contributed by atoms with van der Waals surface area (Å²) >= 11 is 4.38. The van der Waals surface area contributed by atoms with Gasteiger partial charge in [0, 0.05) is 21.5 Å². The summed E-state index contributed by atoms with van der Waals surface area (Å²) in [5.74, 6) is -0.850. The summed E-state index contributed by atoms with van der Waals surface area (Å²) in [7, 11) is 0. The molecule has 0 saturated carbocycles. The van der Waals surface area contributed by atoms with Crippen LogP contribution in [0, 0.1) is 0 Å². The molecule has 136 valence electrons. The molecule has 1 aliphatic heterocycles. The fraction of sp³-hybridized carbons (Fsp3) is 0.176. The number of halogens is 4. The summed E-state index contributed by atoms with van der Waals surface area (Å²) in [4.78, 5) is 24.8. The van der Waals surface area contributed by atoms with Crippen LogP contribution in [-0.2, 0) is 15.8 Å². The molecule has 0 aliphatic carbocycles. The van der Waals surface area contributed by atoms with Gasteiger partial charge in [-0.1, -0.05) is 22.0 Å². The maximum absolute atomic E-state index is 12.8. The van der Waals surface area contributed by atoms with Crippen molar-refractivity contribution in [3.63, 3.8) is 0 Å². The topological polar surface area (TPSA) is 58.2 Å². The van der Waals surface area contributed by atoms with Gasteiger partial charge in [0.05, 0.1) is 16.5 Å². The zero-order valence-corrected chi connectivity index (χ0v) is 15.5. The van der Waals surface area contributed by atoms with Crippen molar-refractivity contribution in [3.8, 4) is 0 Å². The maximum Gasteiger partial charge on any atom is 0.416 e. The number of hydrogen-bond donors (Lipinski definition) is 2. The predicted molar refractivity (Wildman–Crippen MR) is 97.1 cm³/mol. The zero-order valence-electron chi connectivity index (χ0n) is 13.1. The molecular weight excluding hydrogens is 433 g/mol. The minimum Gasteiger partial charge on any atom is -0.326 e. The van der Waals surface area contributed by atoms with Gasteiger partial charge < -0.3 is 10.6 Å². The second kappa shape index (κ2) is 7.32. The van der Waals surface area contributed by atoms with E-state index < -0.39 is 22.9 Å². The number of thioether (sulfide) groups is 1. The first-order chi connectivity index (χ1) is 12.2. The molecular formula is C17H12BrF3N2O2S. The summed E-state index contributed by atoms with van der Waals surface area (Å²) in [6, 6.07) is 10.2. The number of alkyl halides is 3. The molecule has 2 aromatic carbocycles. The van der Waals surface area contributed by atoms with E-state index >= 15 is 0 Å². The predicted octanol–water partition coefficient (Wildman–Crippen LogP) is 4.91. The molecule has 26 heavy (non-hydrogen) atoms. The van der Waals surface area contributed by atoms with Gasteiger partial charge in [-0.05, 0) is 36.4 Å². The molecule has 2 amide bonds. The highest BCUT2D eigenvalue weighted by Gasteiger charge is 2.34. The Morgan fingerprint density at radius 1 is 1.23 bits per heavy atom. The Bertz CT molecular complexity index is 873. The lowest BCUT2D eigenvalue weighted by Crippen LogP contribution is -2.32. The lowest BCUT2D eigenvalue weighted by molar-refractivity contribution is -0.137. The molecule has 0 spiro atoms. The van der Waals surface area contributed by atoms with Crippen molar-refractivity contribution in [3.05, 3.63) is 52.5 Å². The third kappa shape index (κ3) is 4.39. The standard InChI is InChI=1S/C17H12BrF3N2O2S/c18-10-2-1-3-11(7-10)22-15(24)8-14-16(25)23-12-6-9(17(19,20)21)4-5-13(12)26-14/h1-7,14H,8H2,(H,22,24)(H,23,25)/t14-/m0/s1. The molecule has 1 aliphatic rings. The van der Waals surface area contributed by atoms with Gasteiger partial charge in [-0.2, -0.15) is 13.2 Å². The minimum atomic E-state index is -4.48. The second-order valence-electron chi connectivity index (χ2n) is 5.57. The molecule has 3 rings (SSSR count). The Hall–Kier alpha value is -2.00. The molecule has 2 aromatic rings. The largest absolute Gasteiger partial charge is 0.416 e. The van der Waals surface area contributed by atoms with Gasteiger partial charge in [0.2, 0.25) is 11.8 Å². The van der Waals surface area contributed by atoms with Crippen LogP contribution < -0.4 is 10.6 Å². The summed E-state index contributed by atoms with van der Waals surface area (Å²) in [6.45, 7) is 0. The first kappa shape index (κ1) is 18.8. The number of carbonyl (C=O) groups is 2. The van der Waals surface area contributed by atoms with E-state index in [2.05, 4.69) is 26.6 Å². The van der Waals surface area contributed by atoms with Crippen LogP contribution in [0.4, 0.5) is 24.5 Å². The molecule has 1 atom stereocenters. The lowest BCUT2D eigenvalue weighted by atomic mass is 10.1. The van der Waals surface area contributed by atoms with Gasteiger partial charge >= 0.3 is 6.18 Å². The highest BCUT2D eigenvalue weighted by molar-refractivity contribution is 9.10. The Morgan fingerprint density at radius 2 is 2.00 bits per heavy atom. The van der Waals surface area contributed by atoms with Crippen molar-refractivity contribution < 1.29 is 22.8 Å². The molecule has 1 heterocycles. The number of hydrogen-bond acceptors (Lipinski definition) is 3. The van der Waals surface area contributed by atoms with E-state index in [9.17, 15) is 22.8 Å². The molecule has 0 radical (unpaired) electrons. The quantitative estimate of drug-likeness (QED) is 0.706. The molecule has 0 unspecified atom stereocenters. The van der Waals surface area contributed by atoms with Gasteiger partial charge in [0.25, 0.3) is 0 Å². The summed E-state index contributed by atoms with van der Waals surface area (Å²) in [6.07, 6.45) is -4.57. The number of anilines is 2. The van der Waals surface area contributed by atoms with Crippen molar-refractivity contribution in [1.82, 2.24) is 0 Å². The molecule has 2 N–H and O–H groups in total. The number of fused-ring (bicyclic) bond motifs is 1. The van der Waals surface area contributed by atoms with Gasteiger partial charge in [0.15, 0.2) is 0 Å². The number of nitrogens with one attached hydrogen (secondary N) is 2. The van der Waals surface area contributed by atoms with Gasteiger partial charge in [0.1, 0.15) is 0 Å². The molecule has 9 heteroatoms. The van der Waals surface area contributed by atoms with Gasteiger partial charge in [-0.15, -0.1) is 11.8 Å². The van der Waals surface area contributed by atoms with E-state index in [0.29, 0.717) is 10.6 Å². The third-order valence-electron chi connectivity index (χ3n) is 3.61. The van der Waals surface area contributed by atoms with Crippen LogP contribution in [0.5, 0.6) is 0 Å². The van der Waals surface area contributed by atoms with Crippen LogP contribution in [0.15, 0.2) is 51.8 Å². The van der Waals surface area contributed by atoms with Crippen molar-refractivity contribution in [2.24, 2.45) is 0 Å². The van der Waals surface area contributed by atoms with Crippen LogP contribution in [-0.4, -0.2) is 17.1 Å². The van der Waals surface area contributed by atoms with Crippen LogP contribution in [0.3, 0.4) is 0 Å². The van der Waals surface area contributed by atoms with E-state index in [0.717, 1.165) is 28.4 Å². The van der Waals surface area contributed by atoms with E-state index in [4.69, 9.17) is 0 Å². The fourth-order valence-corrected chi connectivity index (χ4v) is 3.90. The molecule has 0 aromatic heterocycles. The Morgan fingerprint density at radius 3 is 2.69 bits per heavy atom. The summed E-state index contributed by atoms with van der Waals surface area (Å²) in [5.41, 5.74) is -0.137. The van der Waals surface area contributed by atoms with Gasteiger partial charge in [-0.3, -0.25) is 9.59 Å². The molecule has 4 nitrogen and oxygen atoms in total. The number of carbonyl (C=O) groups excluding carboxylic acids is 2. The third-order valence-corrected chi connectivity index (χ3v) is 5.37. The van der Waals surface area contributed by atoms with Crippen LogP contribution >= 0.6 is 27.7 Å². The number of rotatable bonds is 3. The summed E-state index contributed by atoms with van der Waals surface area (Å²) in [5, 5.41) is 4.43. The number of benzene rings is 2. The minimum absolute atomic E-state index is 0.0938. The highest BCUT2D eigenvalue weighted by atomic mass is 79.9.